The van der Waals surface area contributed by atoms with Crippen LogP contribution in [0.4, 0.5) is 0 Å². The molecule has 0 aliphatic heterocycles. The minimum Gasteiger partial charge on any atom is -0.0628 e. The predicted octanol–water partition coefficient (Wildman–Crippen LogP) is 4.69. The van der Waals surface area contributed by atoms with Gasteiger partial charge < -0.3 is 0 Å². The highest BCUT2D eigenvalue weighted by Crippen LogP contribution is 2.30. The third-order valence-electron chi connectivity index (χ3n) is 2.89. The van der Waals surface area contributed by atoms with E-state index in [0.717, 1.165) is 5.92 Å². The third kappa shape index (κ3) is 5.01. The maximum absolute atomic E-state index is 2.38. The van der Waals surface area contributed by atoms with Crippen LogP contribution in [0, 0.1) is 11.3 Å². The van der Waals surface area contributed by atoms with Gasteiger partial charge in [0.05, 0.1) is 0 Å². The minimum absolute atomic E-state index is 0.476. The van der Waals surface area contributed by atoms with E-state index in [1.165, 1.54) is 24.8 Å². The first-order valence-electron chi connectivity index (χ1n) is 6.03. The second-order valence-electron chi connectivity index (χ2n) is 5.75. The van der Waals surface area contributed by atoms with Crippen molar-refractivity contribution in [2.45, 2.75) is 47.0 Å². The lowest BCUT2D eigenvalue weighted by Gasteiger charge is -2.26. The van der Waals surface area contributed by atoms with E-state index in [1.54, 1.807) is 0 Å². The molecule has 1 rings (SSSR count). The van der Waals surface area contributed by atoms with Gasteiger partial charge in [-0.3, -0.25) is 0 Å². The molecule has 0 saturated heterocycles. The van der Waals surface area contributed by atoms with E-state index in [2.05, 4.69) is 58.0 Å². The van der Waals surface area contributed by atoms with Gasteiger partial charge in [0, 0.05) is 0 Å². The summed E-state index contributed by atoms with van der Waals surface area (Å²) in [6.45, 7) is 9.39. The molecule has 0 aromatic heterocycles. The van der Waals surface area contributed by atoms with E-state index in [-0.39, 0.29) is 0 Å². The Morgan fingerprint density at radius 1 is 1.07 bits per heavy atom. The molecule has 0 atom stereocenters. The van der Waals surface area contributed by atoms with E-state index in [4.69, 9.17) is 0 Å². The Labute approximate surface area is 94.7 Å². The van der Waals surface area contributed by atoms with Crippen LogP contribution in [0.25, 0.3) is 0 Å². The standard InChI is InChI=1S/C15H24/c1-13(2)12-15(3,4)11-10-14-8-6-5-7-9-14/h5-9,13H,10-12H2,1-4H3. The van der Waals surface area contributed by atoms with Gasteiger partial charge >= 0.3 is 0 Å². The first-order chi connectivity index (χ1) is 6.99. The van der Waals surface area contributed by atoms with E-state index >= 15 is 0 Å². The smallest absolute Gasteiger partial charge is 0.0274 e. The molecule has 0 fully saturated rings. The van der Waals surface area contributed by atoms with Gasteiger partial charge in [-0.1, -0.05) is 58.0 Å². The van der Waals surface area contributed by atoms with Crippen molar-refractivity contribution < 1.29 is 0 Å². The molecular formula is C15H24. The Hall–Kier alpha value is -0.780. The summed E-state index contributed by atoms with van der Waals surface area (Å²) in [5.74, 6) is 0.802. The van der Waals surface area contributed by atoms with Crippen molar-refractivity contribution in [3.05, 3.63) is 35.9 Å². The molecule has 0 aliphatic carbocycles. The molecule has 0 heterocycles. The first kappa shape index (κ1) is 12.3. The molecule has 15 heavy (non-hydrogen) atoms. The lowest BCUT2D eigenvalue weighted by molar-refractivity contribution is 0.266. The summed E-state index contributed by atoms with van der Waals surface area (Å²) in [5, 5.41) is 0. The van der Waals surface area contributed by atoms with Crippen LogP contribution in [0.3, 0.4) is 0 Å². The summed E-state index contributed by atoms with van der Waals surface area (Å²) in [6.07, 6.45) is 3.82. The molecule has 1 aromatic rings. The Kier molecular flexibility index (Phi) is 4.38. The highest BCUT2D eigenvalue weighted by atomic mass is 14.2. The van der Waals surface area contributed by atoms with Crippen LogP contribution in [0.1, 0.15) is 46.1 Å². The van der Waals surface area contributed by atoms with Crippen molar-refractivity contribution in [3.8, 4) is 0 Å². The van der Waals surface area contributed by atoms with Gasteiger partial charge in [-0.15, -0.1) is 0 Å². The van der Waals surface area contributed by atoms with E-state index in [1.807, 2.05) is 0 Å². The summed E-state index contributed by atoms with van der Waals surface area (Å²) >= 11 is 0. The van der Waals surface area contributed by atoms with Crippen molar-refractivity contribution >= 4 is 0 Å². The highest BCUT2D eigenvalue weighted by molar-refractivity contribution is 5.14. The van der Waals surface area contributed by atoms with Gasteiger partial charge in [-0.25, -0.2) is 0 Å². The normalized spacial score (nSPS) is 12.1. The fraction of sp³-hybridized carbons (Fsp3) is 0.600. The number of hydrogen-bond acceptors (Lipinski definition) is 0. The quantitative estimate of drug-likeness (QED) is 0.652. The Morgan fingerprint density at radius 3 is 2.20 bits per heavy atom. The maximum Gasteiger partial charge on any atom is -0.0274 e. The topological polar surface area (TPSA) is 0 Å². The van der Waals surface area contributed by atoms with Gasteiger partial charge in [0.15, 0.2) is 0 Å². The third-order valence-corrected chi connectivity index (χ3v) is 2.89. The molecule has 0 unspecified atom stereocenters. The Bertz CT molecular complexity index is 269. The highest BCUT2D eigenvalue weighted by Gasteiger charge is 2.18. The van der Waals surface area contributed by atoms with Crippen LogP contribution in [0.15, 0.2) is 30.3 Å². The van der Waals surface area contributed by atoms with Crippen molar-refractivity contribution in [1.82, 2.24) is 0 Å². The average Bonchev–Trinajstić information content (AvgIpc) is 2.15. The maximum atomic E-state index is 2.38. The molecule has 0 N–H and O–H groups in total. The molecule has 0 amide bonds. The Morgan fingerprint density at radius 2 is 1.67 bits per heavy atom. The zero-order valence-corrected chi connectivity index (χ0v) is 10.6. The molecule has 0 aliphatic rings. The molecule has 0 bridgehead atoms. The summed E-state index contributed by atoms with van der Waals surface area (Å²) < 4.78 is 0. The molecule has 0 radical (unpaired) electrons. The fourth-order valence-electron chi connectivity index (χ4n) is 2.33. The van der Waals surface area contributed by atoms with Crippen LogP contribution < -0.4 is 0 Å². The lowest BCUT2D eigenvalue weighted by atomic mass is 9.79. The van der Waals surface area contributed by atoms with Crippen molar-refractivity contribution in [3.63, 3.8) is 0 Å². The molecule has 1 aromatic carbocycles. The predicted molar refractivity (Wildman–Crippen MR) is 68.0 cm³/mol. The molecule has 84 valence electrons. The van der Waals surface area contributed by atoms with Gasteiger partial charge in [0.25, 0.3) is 0 Å². The molecule has 0 spiro atoms. The largest absolute Gasteiger partial charge is 0.0628 e. The second-order valence-corrected chi connectivity index (χ2v) is 5.75. The number of aryl methyl sites for hydroxylation is 1. The molecular weight excluding hydrogens is 180 g/mol. The number of rotatable bonds is 5. The van der Waals surface area contributed by atoms with Gasteiger partial charge in [0.2, 0.25) is 0 Å². The molecule has 0 nitrogen and oxygen atoms in total. The molecule has 0 heteroatoms. The summed E-state index contributed by atoms with van der Waals surface area (Å²) in [6, 6.07) is 10.8. The van der Waals surface area contributed by atoms with Crippen LogP contribution in [-0.4, -0.2) is 0 Å². The Balaban J connectivity index is 2.42. The monoisotopic (exact) mass is 204 g/mol. The summed E-state index contributed by atoms with van der Waals surface area (Å²) in [4.78, 5) is 0. The minimum atomic E-state index is 0.476. The summed E-state index contributed by atoms with van der Waals surface area (Å²) in [7, 11) is 0. The van der Waals surface area contributed by atoms with Crippen molar-refractivity contribution in [2.75, 3.05) is 0 Å². The fourth-order valence-corrected chi connectivity index (χ4v) is 2.33. The first-order valence-corrected chi connectivity index (χ1v) is 6.03. The number of hydrogen-bond donors (Lipinski definition) is 0. The van der Waals surface area contributed by atoms with Gasteiger partial charge in [-0.05, 0) is 36.2 Å². The zero-order chi connectivity index (χ0) is 11.3. The van der Waals surface area contributed by atoms with Crippen LogP contribution in [-0.2, 0) is 6.42 Å². The van der Waals surface area contributed by atoms with Crippen LogP contribution in [0.5, 0.6) is 0 Å². The van der Waals surface area contributed by atoms with Gasteiger partial charge in [-0.2, -0.15) is 0 Å². The van der Waals surface area contributed by atoms with E-state index < -0.39 is 0 Å². The van der Waals surface area contributed by atoms with Crippen LogP contribution in [0.2, 0.25) is 0 Å². The van der Waals surface area contributed by atoms with E-state index in [9.17, 15) is 0 Å². The van der Waals surface area contributed by atoms with E-state index in [0.29, 0.717) is 5.41 Å². The second kappa shape index (κ2) is 5.34. The van der Waals surface area contributed by atoms with Crippen molar-refractivity contribution in [1.29, 1.82) is 0 Å². The van der Waals surface area contributed by atoms with Crippen LogP contribution >= 0.6 is 0 Å². The zero-order valence-electron chi connectivity index (χ0n) is 10.6. The SMILES string of the molecule is CC(C)CC(C)(C)CCc1ccccc1. The summed E-state index contributed by atoms with van der Waals surface area (Å²) in [5.41, 5.74) is 1.94. The molecule has 0 saturated carbocycles. The van der Waals surface area contributed by atoms with Crippen molar-refractivity contribution in [2.24, 2.45) is 11.3 Å². The lowest BCUT2D eigenvalue weighted by Crippen LogP contribution is -2.15. The number of benzene rings is 1. The van der Waals surface area contributed by atoms with Gasteiger partial charge in [0.1, 0.15) is 0 Å². The average molecular weight is 204 g/mol.